The molecule has 1 saturated heterocycles. The maximum absolute atomic E-state index is 13.4. The van der Waals surface area contributed by atoms with E-state index in [1.807, 2.05) is 12.2 Å². The van der Waals surface area contributed by atoms with Gasteiger partial charge in [0.25, 0.3) is 0 Å². The van der Waals surface area contributed by atoms with Crippen LogP contribution in [0, 0.1) is 11.8 Å². The molecule has 1 aromatic carbocycles. The highest BCUT2D eigenvalue weighted by Crippen LogP contribution is 2.49. The zero-order valence-electron chi connectivity index (χ0n) is 17.6. The number of nitrogens with one attached hydrogen (secondary N) is 2. The van der Waals surface area contributed by atoms with Crippen molar-refractivity contribution >= 4 is 22.6 Å². The number of fused-ring (bicyclic) bond motifs is 3. The predicted octanol–water partition coefficient (Wildman–Crippen LogP) is 4.10. The summed E-state index contributed by atoms with van der Waals surface area (Å²) in [5.74, 6) is 0.322. The van der Waals surface area contributed by atoms with Gasteiger partial charge in [0.2, 0.25) is 11.3 Å². The van der Waals surface area contributed by atoms with Crippen LogP contribution in [0.25, 0.3) is 0 Å². The smallest absolute Gasteiger partial charge is 0.416 e. The molecule has 4 N–H and O–H groups in total. The molecule has 0 radical (unpaired) electrons. The number of aromatic nitrogens is 2. The van der Waals surface area contributed by atoms with E-state index < -0.39 is 29.0 Å². The zero-order valence-corrected chi connectivity index (χ0v) is 18.4. The molecular formula is C22H24F3N5O2S. The fraction of sp³-hybridized carbons (Fsp3) is 0.455. The van der Waals surface area contributed by atoms with Gasteiger partial charge in [0, 0.05) is 33.5 Å². The lowest BCUT2D eigenvalue weighted by molar-refractivity contribution is -0.138. The molecule has 0 bridgehead atoms. The zero-order chi connectivity index (χ0) is 23.2. The van der Waals surface area contributed by atoms with Crippen LogP contribution in [0.1, 0.15) is 36.5 Å². The lowest BCUT2D eigenvalue weighted by atomic mass is 9.73. The van der Waals surface area contributed by atoms with Gasteiger partial charge in [-0.25, -0.2) is 0 Å². The van der Waals surface area contributed by atoms with Crippen LogP contribution >= 0.6 is 11.1 Å². The first-order chi connectivity index (χ1) is 15.8. The summed E-state index contributed by atoms with van der Waals surface area (Å²) in [5.41, 5.74) is 6.48. The minimum atomic E-state index is -4.43. The fourth-order valence-electron chi connectivity index (χ4n) is 4.99. The summed E-state index contributed by atoms with van der Waals surface area (Å²) in [6.45, 7) is 0.247. The molecule has 0 saturated carbocycles. The summed E-state index contributed by atoms with van der Waals surface area (Å²) >= 11 is -1.63. The Kier molecular flexibility index (Phi) is 5.79. The fourth-order valence-corrected chi connectivity index (χ4v) is 5.64. The molecule has 11 heteroatoms. The molecule has 2 aromatic rings. The third kappa shape index (κ3) is 4.44. The van der Waals surface area contributed by atoms with E-state index in [-0.39, 0.29) is 41.8 Å². The summed E-state index contributed by atoms with van der Waals surface area (Å²) in [5, 5.41) is 3.51. The minimum absolute atomic E-state index is 0.0229. The molecule has 2 aliphatic heterocycles. The number of rotatable bonds is 3. The number of ether oxygens (including phenoxy) is 1. The number of nitrogens with two attached hydrogens (primary N) is 1. The number of aromatic amines is 1. The second-order valence-electron chi connectivity index (χ2n) is 8.62. The van der Waals surface area contributed by atoms with Crippen LogP contribution in [0.4, 0.5) is 24.7 Å². The lowest BCUT2D eigenvalue weighted by Gasteiger charge is -2.47. The molecule has 2 unspecified atom stereocenters. The van der Waals surface area contributed by atoms with Gasteiger partial charge in [-0.15, -0.1) is 4.37 Å². The summed E-state index contributed by atoms with van der Waals surface area (Å²) in [4.78, 5) is 4.35. The Balaban J connectivity index is 1.45. The van der Waals surface area contributed by atoms with Crippen molar-refractivity contribution in [3.8, 4) is 0 Å². The van der Waals surface area contributed by atoms with Gasteiger partial charge in [0.1, 0.15) is 0 Å². The number of allylic oxidation sites excluding steroid dienone is 3. The van der Waals surface area contributed by atoms with Crippen LogP contribution in [0.3, 0.4) is 0 Å². The summed E-state index contributed by atoms with van der Waals surface area (Å²) < 4.78 is 64.4. The van der Waals surface area contributed by atoms with Crippen molar-refractivity contribution in [3.05, 3.63) is 59.1 Å². The van der Waals surface area contributed by atoms with Crippen molar-refractivity contribution in [1.82, 2.24) is 8.75 Å². The Labute approximate surface area is 191 Å². The topological polar surface area (TPSA) is 111 Å². The Bertz CT molecular complexity index is 1160. The first-order valence-electron chi connectivity index (χ1n) is 10.8. The van der Waals surface area contributed by atoms with Crippen molar-refractivity contribution < 1.29 is 22.5 Å². The van der Waals surface area contributed by atoms with Crippen LogP contribution in [0.2, 0.25) is 0 Å². The number of anilines is 2. The van der Waals surface area contributed by atoms with E-state index in [0.29, 0.717) is 17.7 Å². The van der Waals surface area contributed by atoms with Gasteiger partial charge in [0.05, 0.1) is 24.3 Å². The van der Waals surface area contributed by atoms with Crippen LogP contribution in [-0.4, -0.2) is 32.0 Å². The van der Waals surface area contributed by atoms with Crippen LogP contribution in [-0.2, 0) is 10.9 Å². The van der Waals surface area contributed by atoms with Gasteiger partial charge >= 0.3 is 6.18 Å². The highest BCUT2D eigenvalue weighted by molar-refractivity contribution is 7.13. The number of H-pyrrole nitrogens is 1. The molecule has 7 nitrogen and oxygen atoms in total. The Hall–Kier alpha value is -2.63. The van der Waals surface area contributed by atoms with Gasteiger partial charge in [-0.05, 0) is 37.5 Å². The van der Waals surface area contributed by atoms with Crippen LogP contribution in [0.15, 0.2) is 47.5 Å². The monoisotopic (exact) mass is 479 g/mol. The molecular weight excluding hydrogens is 455 g/mol. The third-order valence-corrected chi connectivity index (χ3v) is 7.29. The molecule has 1 aliphatic carbocycles. The average molecular weight is 480 g/mol. The number of hydrogen-bond donors (Lipinski definition) is 3. The quantitative estimate of drug-likeness (QED) is 0.574. The second-order valence-corrected chi connectivity index (χ2v) is 9.50. The molecule has 1 fully saturated rings. The Morgan fingerprint density at radius 2 is 2.12 bits per heavy atom. The van der Waals surface area contributed by atoms with Crippen molar-refractivity contribution in [3.63, 3.8) is 0 Å². The van der Waals surface area contributed by atoms with E-state index in [9.17, 15) is 17.7 Å². The molecule has 3 heterocycles. The van der Waals surface area contributed by atoms with E-state index in [4.69, 9.17) is 10.5 Å². The molecule has 3 aliphatic rings. The van der Waals surface area contributed by atoms with Crippen molar-refractivity contribution in [1.29, 1.82) is 0 Å². The van der Waals surface area contributed by atoms with E-state index in [0.717, 1.165) is 18.9 Å². The second kappa shape index (κ2) is 8.62. The maximum Gasteiger partial charge on any atom is 0.416 e. The molecule has 1 aromatic heterocycles. The normalized spacial score (nSPS) is 30.0. The lowest BCUT2D eigenvalue weighted by Crippen LogP contribution is -2.47. The summed E-state index contributed by atoms with van der Waals surface area (Å²) in [6, 6.07) is 3.87. The van der Waals surface area contributed by atoms with Crippen molar-refractivity contribution in [2.24, 2.45) is 16.8 Å². The number of benzene rings is 1. The van der Waals surface area contributed by atoms with Gasteiger partial charge in [-0.3, -0.25) is 4.99 Å². The van der Waals surface area contributed by atoms with Crippen molar-refractivity contribution in [2.45, 2.75) is 43.7 Å². The molecule has 5 rings (SSSR count). The van der Waals surface area contributed by atoms with E-state index in [2.05, 4.69) is 31.2 Å². The van der Waals surface area contributed by atoms with Gasteiger partial charge < -0.3 is 20.3 Å². The highest BCUT2D eigenvalue weighted by atomic mass is 32.2. The minimum Gasteiger partial charge on any atom is -0.548 e. The first-order valence-corrected chi connectivity index (χ1v) is 11.9. The number of nitrogen functional groups attached to an aromatic ring is 1. The number of nitrogens with zero attached hydrogens (tertiary/aromatic N) is 2. The standard InChI is InChI=1S/C22H24F3N5O2S/c23-22(24,25)13-6-9-17-16(10-13)19-15(18(28-17)12-4-2-1-3-5-12)8-7-14(32-19)11-27-21-20(26)29-33(31)30-21/h1-4,6,9-10,12,14-15,18-19,28H,5,7-8,11H2,(H2,26,29)(H,27,30)/t12?,14-,15+,18+,19+,33?/m1/s1. The average Bonchev–Trinajstić information content (AvgIpc) is 3.13. The van der Waals surface area contributed by atoms with Gasteiger partial charge in [-0.1, -0.05) is 24.3 Å². The molecule has 0 amide bonds. The molecule has 6 atom stereocenters. The number of hydrogen-bond acceptors (Lipinski definition) is 6. The number of halogens is 3. The summed E-state index contributed by atoms with van der Waals surface area (Å²) in [6.07, 6.45) is 5.42. The predicted molar refractivity (Wildman–Crippen MR) is 118 cm³/mol. The van der Waals surface area contributed by atoms with Crippen LogP contribution < -0.4 is 16.5 Å². The van der Waals surface area contributed by atoms with Gasteiger partial charge in [0.15, 0.2) is 11.1 Å². The highest BCUT2D eigenvalue weighted by Gasteiger charge is 2.45. The largest absolute Gasteiger partial charge is 0.548 e. The Morgan fingerprint density at radius 3 is 2.82 bits per heavy atom. The molecule has 0 spiro atoms. The maximum atomic E-state index is 13.4. The third-order valence-electron chi connectivity index (χ3n) is 6.55. The van der Waals surface area contributed by atoms with Crippen molar-refractivity contribution in [2.75, 3.05) is 17.6 Å². The van der Waals surface area contributed by atoms with Gasteiger partial charge in [-0.2, -0.15) is 13.2 Å². The van der Waals surface area contributed by atoms with E-state index in [1.54, 1.807) is 0 Å². The summed E-state index contributed by atoms with van der Waals surface area (Å²) in [7, 11) is 0. The molecule has 33 heavy (non-hydrogen) atoms. The van der Waals surface area contributed by atoms with Crippen LogP contribution in [0.5, 0.6) is 0 Å². The Morgan fingerprint density at radius 1 is 1.27 bits per heavy atom. The first kappa shape index (κ1) is 22.2. The number of alkyl halides is 3. The SMILES string of the molecule is Nc1n[s+]([O-])[nH]c1=NC[C@H]1CC[C@@H]2[C@H](O1)c1cc(C(F)(F)F)ccc1N[C@H]2C1C=CC=CC1. The van der Waals surface area contributed by atoms with E-state index >= 15 is 0 Å². The van der Waals surface area contributed by atoms with E-state index in [1.165, 1.54) is 12.1 Å². The molecule has 176 valence electrons.